The summed E-state index contributed by atoms with van der Waals surface area (Å²) in [7, 11) is 0. The smallest absolute Gasteiger partial charge is 0.125 e. The molecular formula is C9H13N3. The second kappa shape index (κ2) is 2.85. The normalized spacial score (nSPS) is 9.83. The molecule has 3 nitrogen and oxygen atoms in total. The second-order valence-corrected chi connectivity index (χ2v) is 2.90. The van der Waals surface area contributed by atoms with Crippen molar-refractivity contribution in [2.24, 2.45) is 5.73 Å². The van der Waals surface area contributed by atoms with Gasteiger partial charge in [0.05, 0.1) is 0 Å². The number of rotatable bonds is 1. The second-order valence-electron chi connectivity index (χ2n) is 2.90. The van der Waals surface area contributed by atoms with Crippen molar-refractivity contribution >= 4 is 11.5 Å². The lowest BCUT2D eigenvalue weighted by atomic mass is 10.0. The van der Waals surface area contributed by atoms with Crippen LogP contribution in [0.3, 0.4) is 0 Å². The van der Waals surface area contributed by atoms with Crippen LogP contribution in [-0.4, -0.2) is 5.84 Å². The lowest BCUT2D eigenvalue weighted by Crippen LogP contribution is -2.15. The zero-order valence-electron chi connectivity index (χ0n) is 7.31. The molecule has 1 aromatic carbocycles. The van der Waals surface area contributed by atoms with Gasteiger partial charge >= 0.3 is 0 Å². The maximum Gasteiger partial charge on any atom is 0.125 e. The Hall–Kier alpha value is -1.51. The zero-order chi connectivity index (χ0) is 9.30. The molecule has 12 heavy (non-hydrogen) atoms. The molecule has 1 aromatic rings. The van der Waals surface area contributed by atoms with Crippen LogP contribution in [0, 0.1) is 19.3 Å². The monoisotopic (exact) mass is 163 g/mol. The van der Waals surface area contributed by atoms with Gasteiger partial charge in [0.25, 0.3) is 0 Å². The van der Waals surface area contributed by atoms with E-state index in [1.54, 1.807) is 0 Å². The molecule has 0 fully saturated rings. The Kier molecular flexibility index (Phi) is 2.04. The van der Waals surface area contributed by atoms with Gasteiger partial charge in [-0.1, -0.05) is 12.1 Å². The summed E-state index contributed by atoms with van der Waals surface area (Å²) in [5, 5.41) is 7.31. The highest BCUT2D eigenvalue weighted by molar-refractivity contribution is 6.01. The maximum atomic E-state index is 7.31. The number of anilines is 1. The Balaban J connectivity index is 3.43. The van der Waals surface area contributed by atoms with Gasteiger partial charge in [0.1, 0.15) is 5.84 Å². The van der Waals surface area contributed by atoms with E-state index in [0.717, 1.165) is 11.1 Å². The van der Waals surface area contributed by atoms with Crippen molar-refractivity contribution in [1.82, 2.24) is 0 Å². The van der Waals surface area contributed by atoms with Crippen molar-refractivity contribution < 1.29 is 0 Å². The van der Waals surface area contributed by atoms with Crippen LogP contribution in [0.4, 0.5) is 5.69 Å². The van der Waals surface area contributed by atoms with Crippen LogP contribution in [0.5, 0.6) is 0 Å². The van der Waals surface area contributed by atoms with Crippen molar-refractivity contribution in [2.45, 2.75) is 13.8 Å². The predicted octanol–water partition coefficient (Wildman–Crippen LogP) is 1.17. The molecular weight excluding hydrogens is 150 g/mol. The molecule has 64 valence electrons. The third kappa shape index (κ3) is 1.25. The summed E-state index contributed by atoms with van der Waals surface area (Å²) < 4.78 is 0. The highest BCUT2D eigenvalue weighted by atomic mass is 14.7. The Morgan fingerprint density at radius 1 is 1.25 bits per heavy atom. The minimum absolute atomic E-state index is 0.0358. The zero-order valence-corrected chi connectivity index (χ0v) is 7.31. The van der Waals surface area contributed by atoms with Gasteiger partial charge in [0.2, 0.25) is 0 Å². The van der Waals surface area contributed by atoms with Crippen LogP contribution < -0.4 is 11.5 Å². The summed E-state index contributed by atoms with van der Waals surface area (Å²) in [6.45, 7) is 3.80. The summed E-state index contributed by atoms with van der Waals surface area (Å²) in [6.07, 6.45) is 0. The highest BCUT2D eigenvalue weighted by Crippen LogP contribution is 2.19. The lowest BCUT2D eigenvalue weighted by Gasteiger charge is -2.09. The maximum absolute atomic E-state index is 7.31. The van der Waals surface area contributed by atoms with Gasteiger partial charge in [0.15, 0.2) is 0 Å². The minimum atomic E-state index is 0.0358. The standard InChI is InChI=1S/C9H13N3/c1-5-3-4-6(2)8(10)7(5)9(11)12/h3-4H,10H2,1-2H3,(H3,11,12). The van der Waals surface area contributed by atoms with Crippen molar-refractivity contribution in [2.75, 3.05) is 5.73 Å². The number of benzene rings is 1. The van der Waals surface area contributed by atoms with Gasteiger partial charge in [-0.15, -0.1) is 0 Å². The van der Waals surface area contributed by atoms with Crippen molar-refractivity contribution in [3.05, 3.63) is 28.8 Å². The summed E-state index contributed by atoms with van der Waals surface area (Å²) in [5.41, 5.74) is 14.3. The fourth-order valence-corrected chi connectivity index (χ4v) is 1.19. The van der Waals surface area contributed by atoms with E-state index in [-0.39, 0.29) is 5.84 Å². The molecule has 0 aliphatic rings. The van der Waals surface area contributed by atoms with Gasteiger partial charge in [-0.25, -0.2) is 0 Å². The van der Waals surface area contributed by atoms with Crippen LogP contribution in [0.1, 0.15) is 16.7 Å². The molecule has 0 aromatic heterocycles. The Labute approximate surface area is 71.9 Å². The summed E-state index contributed by atoms with van der Waals surface area (Å²) in [6, 6.07) is 3.85. The number of nitrogens with two attached hydrogens (primary N) is 2. The molecule has 0 unspecified atom stereocenters. The molecule has 0 saturated heterocycles. The molecule has 0 radical (unpaired) electrons. The van der Waals surface area contributed by atoms with Crippen LogP contribution in [0.15, 0.2) is 12.1 Å². The number of nitrogens with one attached hydrogen (secondary N) is 1. The molecule has 0 spiro atoms. The number of aryl methyl sites for hydroxylation is 2. The van der Waals surface area contributed by atoms with Crippen molar-refractivity contribution in [3.8, 4) is 0 Å². The van der Waals surface area contributed by atoms with E-state index in [4.69, 9.17) is 16.9 Å². The van der Waals surface area contributed by atoms with Crippen LogP contribution in [0.25, 0.3) is 0 Å². The van der Waals surface area contributed by atoms with Crippen LogP contribution in [-0.2, 0) is 0 Å². The Morgan fingerprint density at radius 3 is 2.17 bits per heavy atom. The van der Waals surface area contributed by atoms with E-state index < -0.39 is 0 Å². The van der Waals surface area contributed by atoms with Crippen molar-refractivity contribution in [3.63, 3.8) is 0 Å². The fraction of sp³-hybridized carbons (Fsp3) is 0.222. The largest absolute Gasteiger partial charge is 0.398 e. The number of amidine groups is 1. The molecule has 0 aliphatic heterocycles. The SMILES string of the molecule is Cc1ccc(C)c(C(=N)N)c1N. The molecule has 0 amide bonds. The minimum Gasteiger partial charge on any atom is -0.398 e. The summed E-state index contributed by atoms with van der Waals surface area (Å²) >= 11 is 0. The number of hydrogen-bond acceptors (Lipinski definition) is 2. The van der Waals surface area contributed by atoms with Gasteiger partial charge in [-0.05, 0) is 25.0 Å². The van der Waals surface area contributed by atoms with E-state index in [1.807, 2.05) is 26.0 Å². The van der Waals surface area contributed by atoms with E-state index in [1.165, 1.54) is 0 Å². The molecule has 0 aliphatic carbocycles. The molecule has 0 heterocycles. The van der Waals surface area contributed by atoms with Gasteiger partial charge in [-0.2, -0.15) is 0 Å². The molecule has 0 bridgehead atoms. The third-order valence-corrected chi connectivity index (χ3v) is 1.94. The van der Waals surface area contributed by atoms with Crippen molar-refractivity contribution in [1.29, 1.82) is 5.41 Å². The van der Waals surface area contributed by atoms with Crippen LogP contribution >= 0.6 is 0 Å². The molecule has 5 N–H and O–H groups in total. The highest BCUT2D eigenvalue weighted by Gasteiger charge is 2.07. The van der Waals surface area contributed by atoms with E-state index in [9.17, 15) is 0 Å². The first-order valence-electron chi connectivity index (χ1n) is 3.74. The Morgan fingerprint density at radius 2 is 1.75 bits per heavy atom. The number of hydrogen-bond donors (Lipinski definition) is 3. The predicted molar refractivity (Wildman–Crippen MR) is 51.3 cm³/mol. The fourth-order valence-electron chi connectivity index (χ4n) is 1.19. The molecule has 0 atom stereocenters. The topological polar surface area (TPSA) is 75.9 Å². The third-order valence-electron chi connectivity index (χ3n) is 1.94. The average molecular weight is 163 g/mol. The van der Waals surface area contributed by atoms with Gasteiger partial charge in [-0.3, -0.25) is 5.41 Å². The molecule has 0 saturated carbocycles. The van der Waals surface area contributed by atoms with E-state index >= 15 is 0 Å². The summed E-state index contributed by atoms with van der Waals surface area (Å²) in [4.78, 5) is 0. The first kappa shape index (κ1) is 8.59. The van der Waals surface area contributed by atoms with Gasteiger partial charge < -0.3 is 11.5 Å². The Bertz CT molecular complexity index is 329. The lowest BCUT2D eigenvalue weighted by molar-refractivity contribution is 1.33. The molecule has 1 rings (SSSR count). The first-order valence-corrected chi connectivity index (χ1v) is 3.74. The number of nitrogen functional groups attached to an aromatic ring is 2. The van der Waals surface area contributed by atoms with E-state index in [0.29, 0.717) is 11.3 Å². The molecule has 3 heteroatoms. The first-order chi connectivity index (χ1) is 5.54. The van der Waals surface area contributed by atoms with Gasteiger partial charge in [0, 0.05) is 11.3 Å². The summed E-state index contributed by atoms with van der Waals surface area (Å²) in [5.74, 6) is 0.0358. The van der Waals surface area contributed by atoms with Crippen LogP contribution in [0.2, 0.25) is 0 Å². The average Bonchev–Trinajstić information content (AvgIpc) is 1.97. The quantitative estimate of drug-likeness (QED) is 0.330. The van der Waals surface area contributed by atoms with E-state index in [2.05, 4.69) is 0 Å².